The molecule has 3 aromatic heterocycles. The van der Waals surface area contributed by atoms with Gasteiger partial charge in [0.1, 0.15) is 11.8 Å². The van der Waals surface area contributed by atoms with Crippen molar-refractivity contribution in [1.29, 1.82) is 0 Å². The van der Waals surface area contributed by atoms with Gasteiger partial charge in [-0.1, -0.05) is 18.2 Å². The molecule has 0 radical (unpaired) electrons. The Morgan fingerprint density at radius 3 is 2.63 bits per heavy atom. The zero-order valence-corrected chi connectivity index (χ0v) is 20.1. The lowest BCUT2D eigenvalue weighted by atomic mass is 10.1. The van der Waals surface area contributed by atoms with E-state index in [4.69, 9.17) is 14.7 Å². The molecule has 0 saturated carbocycles. The number of piperidine rings is 1. The number of allylic oxidation sites excluding steroid dienone is 2. The van der Waals surface area contributed by atoms with Crippen LogP contribution in [-0.4, -0.2) is 62.1 Å². The minimum absolute atomic E-state index is 0.198. The number of anilines is 1. The van der Waals surface area contributed by atoms with Gasteiger partial charge < -0.3 is 19.9 Å². The van der Waals surface area contributed by atoms with E-state index in [2.05, 4.69) is 56.5 Å². The smallest absolute Gasteiger partial charge is 0.233 e. The van der Waals surface area contributed by atoms with Crippen LogP contribution in [-0.2, 0) is 0 Å². The first-order valence-corrected chi connectivity index (χ1v) is 12.6. The Balaban J connectivity index is 1.23. The van der Waals surface area contributed by atoms with Gasteiger partial charge in [-0.05, 0) is 63.3 Å². The molecule has 1 aliphatic heterocycles. The van der Waals surface area contributed by atoms with Gasteiger partial charge in [0.15, 0.2) is 0 Å². The first-order chi connectivity index (χ1) is 17.2. The second-order valence-electron chi connectivity index (χ2n) is 9.66. The molecule has 0 spiro atoms. The second kappa shape index (κ2) is 9.62. The van der Waals surface area contributed by atoms with E-state index < -0.39 is 0 Å². The first kappa shape index (κ1) is 22.0. The van der Waals surface area contributed by atoms with E-state index in [1.165, 1.54) is 0 Å². The van der Waals surface area contributed by atoms with Gasteiger partial charge in [-0.3, -0.25) is 0 Å². The summed E-state index contributed by atoms with van der Waals surface area (Å²) >= 11 is 0. The number of nitrogens with one attached hydrogen (secondary N) is 2. The minimum Gasteiger partial charge on any atom is -0.473 e. The Morgan fingerprint density at radius 1 is 0.971 bits per heavy atom. The van der Waals surface area contributed by atoms with Crippen LogP contribution in [0, 0.1) is 0 Å². The Morgan fingerprint density at radius 2 is 1.80 bits per heavy atom. The van der Waals surface area contributed by atoms with Crippen molar-refractivity contribution < 1.29 is 4.74 Å². The molecule has 8 heteroatoms. The average Bonchev–Trinajstić information content (AvgIpc) is 3.13. The summed E-state index contributed by atoms with van der Waals surface area (Å²) in [6, 6.07) is 6.55. The van der Waals surface area contributed by atoms with Crippen molar-refractivity contribution in [3.05, 3.63) is 48.9 Å². The molecule has 0 bridgehead atoms. The highest BCUT2D eigenvalue weighted by molar-refractivity contribution is 5.95. The number of H-pyrrole nitrogens is 1. The lowest BCUT2D eigenvalue weighted by molar-refractivity contribution is 0.110. The lowest BCUT2D eigenvalue weighted by Crippen LogP contribution is -2.35. The topological polar surface area (TPSA) is 91.8 Å². The Kier molecular flexibility index (Phi) is 6.04. The summed E-state index contributed by atoms with van der Waals surface area (Å²) in [6.07, 6.45) is 16.8. The predicted octanol–water partition coefficient (Wildman–Crippen LogP) is 4.95. The van der Waals surface area contributed by atoms with E-state index >= 15 is 0 Å². The molecule has 8 nitrogen and oxygen atoms in total. The highest BCUT2D eigenvalue weighted by Crippen LogP contribution is 2.30. The standard InChI is InChI=1S/C27H31N7O/c1-34-12-10-20(11-13-34)35-25-17-28-23-9-8-18(14-24(23)32-25)21-15-29-26-22(21)16-30-27(33-26)31-19-6-4-2-3-5-7-19/h2-3,8-9,14-17,19-20H,4-7,10-13H2,1H3,(H2,29,30,31,33). The quantitative estimate of drug-likeness (QED) is 0.400. The van der Waals surface area contributed by atoms with Crippen molar-refractivity contribution in [1.82, 2.24) is 29.8 Å². The summed E-state index contributed by atoms with van der Waals surface area (Å²) in [4.78, 5) is 24.4. The largest absolute Gasteiger partial charge is 0.473 e. The third kappa shape index (κ3) is 4.84. The van der Waals surface area contributed by atoms with E-state index in [0.29, 0.717) is 17.9 Å². The maximum atomic E-state index is 6.16. The highest BCUT2D eigenvalue weighted by Gasteiger charge is 2.19. The van der Waals surface area contributed by atoms with Crippen LogP contribution in [0.15, 0.2) is 48.9 Å². The monoisotopic (exact) mass is 469 g/mol. The molecule has 2 N–H and O–H groups in total. The predicted molar refractivity (Wildman–Crippen MR) is 139 cm³/mol. The van der Waals surface area contributed by atoms with Gasteiger partial charge in [0.2, 0.25) is 11.8 Å². The molecular formula is C27H31N7O. The molecule has 2 aliphatic rings. The van der Waals surface area contributed by atoms with Crippen LogP contribution in [0.5, 0.6) is 5.88 Å². The number of hydrogen-bond donors (Lipinski definition) is 2. The second-order valence-corrected chi connectivity index (χ2v) is 9.66. The summed E-state index contributed by atoms with van der Waals surface area (Å²) in [6.45, 7) is 2.10. The van der Waals surface area contributed by atoms with Gasteiger partial charge in [-0.15, -0.1) is 0 Å². The molecule has 4 aromatic rings. The lowest BCUT2D eigenvalue weighted by Gasteiger charge is -2.28. The third-order valence-electron chi connectivity index (χ3n) is 7.08. The van der Waals surface area contributed by atoms with E-state index in [0.717, 1.165) is 84.8 Å². The van der Waals surface area contributed by atoms with Gasteiger partial charge in [0.25, 0.3) is 0 Å². The number of rotatable bonds is 5. The molecule has 4 heterocycles. The molecule has 0 unspecified atom stereocenters. The number of likely N-dealkylation sites (tertiary alicyclic amines) is 1. The zero-order valence-electron chi connectivity index (χ0n) is 20.1. The van der Waals surface area contributed by atoms with Crippen LogP contribution in [0.1, 0.15) is 38.5 Å². The van der Waals surface area contributed by atoms with Crippen LogP contribution < -0.4 is 10.1 Å². The van der Waals surface area contributed by atoms with Crippen molar-refractivity contribution in [2.75, 3.05) is 25.5 Å². The van der Waals surface area contributed by atoms with Crippen molar-refractivity contribution in [2.45, 2.75) is 50.7 Å². The molecule has 1 fully saturated rings. The van der Waals surface area contributed by atoms with Crippen molar-refractivity contribution in [3.63, 3.8) is 0 Å². The number of aromatic amines is 1. The molecule has 0 atom stereocenters. The van der Waals surface area contributed by atoms with Crippen LogP contribution in [0.25, 0.3) is 33.2 Å². The Hall–Kier alpha value is -3.52. The molecule has 0 amide bonds. The molecule has 1 aromatic carbocycles. The summed E-state index contributed by atoms with van der Waals surface area (Å²) in [7, 11) is 2.15. The van der Waals surface area contributed by atoms with Gasteiger partial charge >= 0.3 is 0 Å². The summed E-state index contributed by atoms with van der Waals surface area (Å²) in [5, 5.41) is 4.50. The van der Waals surface area contributed by atoms with Crippen LogP contribution >= 0.6 is 0 Å². The van der Waals surface area contributed by atoms with Gasteiger partial charge in [-0.2, -0.15) is 4.98 Å². The SMILES string of the molecule is CN1CCC(Oc2cnc3ccc(-c4c[nH]c5nc(NC6CCC=CCC6)ncc45)cc3n2)CC1. The van der Waals surface area contributed by atoms with Crippen molar-refractivity contribution >= 4 is 28.0 Å². The van der Waals surface area contributed by atoms with Crippen LogP contribution in [0.4, 0.5) is 5.95 Å². The average molecular weight is 470 g/mol. The highest BCUT2D eigenvalue weighted by atomic mass is 16.5. The first-order valence-electron chi connectivity index (χ1n) is 12.6. The molecule has 6 rings (SSSR count). The number of nitrogens with zero attached hydrogens (tertiary/aromatic N) is 5. The number of fused-ring (bicyclic) bond motifs is 2. The number of ether oxygens (including phenoxy) is 1. The Bertz CT molecular complexity index is 1350. The number of aromatic nitrogens is 5. The molecule has 35 heavy (non-hydrogen) atoms. The van der Waals surface area contributed by atoms with Gasteiger partial charge in [-0.25, -0.2) is 15.0 Å². The fourth-order valence-corrected chi connectivity index (χ4v) is 5.01. The number of hydrogen-bond acceptors (Lipinski definition) is 7. The molecule has 1 saturated heterocycles. The molecule has 1 aliphatic carbocycles. The van der Waals surface area contributed by atoms with E-state index in [1.807, 2.05) is 18.5 Å². The van der Waals surface area contributed by atoms with Crippen LogP contribution in [0.3, 0.4) is 0 Å². The van der Waals surface area contributed by atoms with E-state index in [1.54, 1.807) is 6.20 Å². The fraction of sp³-hybridized carbons (Fsp3) is 0.407. The van der Waals surface area contributed by atoms with Gasteiger partial charge in [0, 0.05) is 42.5 Å². The zero-order chi connectivity index (χ0) is 23.6. The normalized spacial score (nSPS) is 18.2. The maximum Gasteiger partial charge on any atom is 0.233 e. The van der Waals surface area contributed by atoms with Crippen LogP contribution in [0.2, 0.25) is 0 Å². The fourth-order valence-electron chi connectivity index (χ4n) is 5.01. The van der Waals surface area contributed by atoms with Crippen molar-refractivity contribution in [2.24, 2.45) is 0 Å². The maximum absolute atomic E-state index is 6.16. The summed E-state index contributed by atoms with van der Waals surface area (Å²) < 4.78 is 6.16. The number of benzene rings is 1. The van der Waals surface area contributed by atoms with E-state index in [9.17, 15) is 0 Å². The summed E-state index contributed by atoms with van der Waals surface area (Å²) in [5.41, 5.74) is 4.60. The Labute approximate surface area is 204 Å². The molecular weight excluding hydrogens is 438 g/mol. The van der Waals surface area contributed by atoms with Crippen molar-refractivity contribution in [3.8, 4) is 17.0 Å². The van der Waals surface area contributed by atoms with Gasteiger partial charge in [0.05, 0.1) is 17.2 Å². The van der Waals surface area contributed by atoms with E-state index in [-0.39, 0.29) is 6.10 Å². The third-order valence-corrected chi connectivity index (χ3v) is 7.08. The minimum atomic E-state index is 0.198. The molecule has 180 valence electrons. The summed E-state index contributed by atoms with van der Waals surface area (Å²) in [5.74, 6) is 1.27.